The van der Waals surface area contributed by atoms with Gasteiger partial charge in [-0.25, -0.2) is 4.79 Å². The highest BCUT2D eigenvalue weighted by Crippen LogP contribution is 2.50. The van der Waals surface area contributed by atoms with Crippen molar-refractivity contribution in [3.8, 4) is 0 Å². The summed E-state index contributed by atoms with van der Waals surface area (Å²) in [7, 11) is 1.48. The molecule has 2 saturated heterocycles. The van der Waals surface area contributed by atoms with E-state index in [0.717, 1.165) is 38.1 Å². The summed E-state index contributed by atoms with van der Waals surface area (Å²) in [6, 6.07) is 1.48. The van der Waals surface area contributed by atoms with Crippen LogP contribution in [0.1, 0.15) is 45.4 Å². The fraction of sp³-hybridized carbons (Fsp3) is 0.941. The molecule has 0 atom stereocenters. The van der Waals surface area contributed by atoms with Gasteiger partial charge in [0.05, 0.1) is 7.11 Å². The number of carbonyl (C=O) groups is 1. The van der Waals surface area contributed by atoms with E-state index in [4.69, 9.17) is 4.74 Å². The largest absolute Gasteiger partial charge is 0.453 e. The van der Waals surface area contributed by atoms with Gasteiger partial charge < -0.3 is 19.9 Å². The molecule has 0 aromatic carbocycles. The molecule has 5 nitrogen and oxygen atoms in total. The second-order valence-electron chi connectivity index (χ2n) is 7.47. The van der Waals surface area contributed by atoms with E-state index in [1.807, 2.05) is 4.90 Å². The Balaban J connectivity index is 1.40. The van der Waals surface area contributed by atoms with Crippen LogP contribution < -0.4 is 5.32 Å². The summed E-state index contributed by atoms with van der Waals surface area (Å²) in [5.74, 6) is 0. The van der Waals surface area contributed by atoms with E-state index in [1.54, 1.807) is 0 Å². The van der Waals surface area contributed by atoms with Crippen molar-refractivity contribution in [1.29, 1.82) is 0 Å². The second-order valence-corrected chi connectivity index (χ2v) is 7.47. The van der Waals surface area contributed by atoms with Gasteiger partial charge in [-0.05, 0) is 63.6 Å². The van der Waals surface area contributed by atoms with Crippen LogP contribution in [0.2, 0.25) is 0 Å². The van der Waals surface area contributed by atoms with Crippen molar-refractivity contribution in [2.45, 2.75) is 57.5 Å². The summed E-state index contributed by atoms with van der Waals surface area (Å²) in [6.45, 7) is 7.65. The molecule has 1 N–H and O–H groups in total. The Morgan fingerprint density at radius 3 is 2.64 bits per heavy atom. The first-order valence-corrected chi connectivity index (χ1v) is 8.96. The highest BCUT2D eigenvalue weighted by molar-refractivity contribution is 5.67. The van der Waals surface area contributed by atoms with Gasteiger partial charge >= 0.3 is 6.09 Å². The molecule has 3 aliphatic rings. The third kappa shape index (κ3) is 3.25. The molecule has 3 fully saturated rings. The normalized spacial score (nSPS) is 33.2. The Kier molecular flexibility index (Phi) is 4.93. The standard InChI is InChI=1S/C17H31N3O2/c1-3-7-18-14-4-8-19(9-5-14)15-11-17(12-15)6-10-20(13-17)16(21)22-2/h14-15,18H,3-13H2,1-2H3. The van der Waals surface area contributed by atoms with Crippen LogP contribution >= 0.6 is 0 Å². The number of methoxy groups -OCH3 is 1. The quantitative estimate of drug-likeness (QED) is 0.863. The van der Waals surface area contributed by atoms with Crippen LogP contribution in [0, 0.1) is 5.41 Å². The molecule has 1 spiro atoms. The van der Waals surface area contributed by atoms with E-state index < -0.39 is 0 Å². The summed E-state index contributed by atoms with van der Waals surface area (Å²) in [4.78, 5) is 16.2. The summed E-state index contributed by atoms with van der Waals surface area (Å²) in [5.41, 5.74) is 0.399. The number of likely N-dealkylation sites (tertiary alicyclic amines) is 2. The monoisotopic (exact) mass is 309 g/mol. The SMILES string of the molecule is CCCNC1CCN(C2CC3(CCN(C(=O)OC)C3)C2)CC1. The van der Waals surface area contributed by atoms with Crippen LogP contribution in [-0.2, 0) is 4.74 Å². The first-order valence-electron chi connectivity index (χ1n) is 8.96. The van der Waals surface area contributed by atoms with E-state index in [1.165, 1.54) is 52.3 Å². The van der Waals surface area contributed by atoms with Gasteiger partial charge in [-0.3, -0.25) is 0 Å². The molecule has 0 aromatic heterocycles. The number of nitrogens with zero attached hydrogens (tertiary/aromatic N) is 2. The number of amides is 1. The zero-order valence-corrected chi connectivity index (χ0v) is 14.1. The lowest BCUT2D eigenvalue weighted by Crippen LogP contribution is -2.55. The first kappa shape index (κ1) is 16.1. The smallest absolute Gasteiger partial charge is 0.409 e. The van der Waals surface area contributed by atoms with Gasteiger partial charge in [0.15, 0.2) is 0 Å². The highest BCUT2D eigenvalue weighted by Gasteiger charge is 2.51. The van der Waals surface area contributed by atoms with Gasteiger partial charge in [-0.15, -0.1) is 0 Å². The van der Waals surface area contributed by atoms with Crippen LogP contribution in [0.15, 0.2) is 0 Å². The van der Waals surface area contributed by atoms with Crippen molar-refractivity contribution in [3.63, 3.8) is 0 Å². The average molecular weight is 309 g/mol. The third-order valence-corrected chi connectivity index (χ3v) is 5.94. The topological polar surface area (TPSA) is 44.8 Å². The van der Waals surface area contributed by atoms with Gasteiger partial charge in [0.1, 0.15) is 0 Å². The molecule has 2 aliphatic heterocycles. The van der Waals surface area contributed by atoms with Crippen LogP contribution in [0.5, 0.6) is 0 Å². The maximum atomic E-state index is 11.6. The number of nitrogens with one attached hydrogen (secondary N) is 1. The number of hydrogen-bond donors (Lipinski definition) is 1. The molecular weight excluding hydrogens is 278 g/mol. The second kappa shape index (κ2) is 6.75. The third-order valence-electron chi connectivity index (χ3n) is 5.94. The van der Waals surface area contributed by atoms with Crippen molar-refractivity contribution < 1.29 is 9.53 Å². The maximum absolute atomic E-state index is 11.6. The molecule has 22 heavy (non-hydrogen) atoms. The predicted octanol–water partition coefficient (Wildman–Crippen LogP) is 2.07. The van der Waals surface area contributed by atoms with E-state index in [-0.39, 0.29) is 6.09 Å². The summed E-state index contributed by atoms with van der Waals surface area (Å²) < 4.78 is 4.85. The molecule has 0 bridgehead atoms. The zero-order valence-electron chi connectivity index (χ0n) is 14.1. The molecule has 0 radical (unpaired) electrons. The van der Waals surface area contributed by atoms with E-state index in [2.05, 4.69) is 17.1 Å². The minimum Gasteiger partial charge on any atom is -0.453 e. The first-order chi connectivity index (χ1) is 10.7. The zero-order chi connectivity index (χ0) is 15.6. The van der Waals surface area contributed by atoms with Crippen LogP contribution in [-0.4, -0.2) is 67.8 Å². The van der Waals surface area contributed by atoms with E-state index >= 15 is 0 Å². The lowest BCUT2D eigenvalue weighted by molar-refractivity contribution is -0.00566. The highest BCUT2D eigenvalue weighted by atomic mass is 16.5. The molecule has 0 unspecified atom stereocenters. The minimum atomic E-state index is -0.150. The summed E-state index contributed by atoms with van der Waals surface area (Å²) in [5, 5.41) is 3.66. The van der Waals surface area contributed by atoms with Crippen molar-refractivity contribution in [2.24, 2.45) is 5.41 Å². The fourth-order valence-electron chi connectivity index (χ4n) is 4.57. The number of rotatable bonds is 4. The Bertz CT molecular complexity index is 387. The Morgan fingerprint density at radius 1 is 1.27 bits per heavy atom. The van der Waals surface area contributed by atoms with Crippen LogP contribution in [0.4, 0.5) is 4.79 Å². The number of piperidine rings is 1. The average Bonchev–Trinajstić information content (AvgIpc) is 2.97. The minimum absolute atomic E-state index is 0.150. The molecule has 3 rings (SSSR count). The van der Waals surface area contributed by atoms with E-state index in [9.17, 15) is 4.79 Å². The van der Waals surface area contributed by atoms with Gasteiger partial charge in [0, 0.05) is 25.2 Å². The summed E-state index contributed by atoms with van der Waals surface area (Å²) in [6.07, 6.45) is 7.36. The molecular formula is C17H31N3O2. The maximum Gasteiger partial charge on any atom is 0.409 e. The van der Waals surface area contributed by atoms with Crippen molar-refractivity contribution in [2.75, 3.05) is 39.8 Å². The van der Waals surface area contributed by atoms with Gasteiger partial charge in [-0.1, -0.05) is 6.92 Å². The van der Waals surface area contributed by atoms with E-state index in [0.29, 0.717) is 5.41 Å². The fourth-order valence-corrected chi connectivity index (χ4v) is 4.57. The molecule has 2 heterocycles. The Morgan fingerprint density at radius 2 is 2.00 bits per heavy atom. The van der Waals surface area contributed by atoms with Gasteiger partial charge in [0.2, 0.25) is 0 Å². The number of hydrogen-bond acceptors (Lipinski definition) is 4. The lowest BCUT2D eigenvalue weighted by atomic mass is 9.64. The van der Waals surface area contributed by atoms with Crippen molar-refractivity contribution >= 4 is 6.09 Å². The number of ether oxygens (including phenoxy) is 1. The van der Waals surface area contributed by atoms with Crippen molar-refractivity contribution in [1.82, 2.24) is 15.1 Å². The van der Waals surface area contributed by atoms with Gasteiger partial charge in [-0.2, -0.15) is 0 Å². The molecule has 1 amide bonds. The van der Waals surface area contributed by atoms with Crippen LogP contribution in [0.25, 0.3) is 0 Å². The summed E-state index contributed by atoms with van der Waals surface area (Å²) >= 11 is 0. The molecule has 0 aromatic rings. The molecule has 126 valence electrons. The van der Waals surface area contributed by atoms with Gasteiger partial charge in [0.25, 0.3) is 0 Å². The molecule has 1 aliphatic carbocycles. The molecule has 5 heteroatoms. The Hall–Kier alpha value is -0.810. The predicted molar refractivity (Wildman–Crippen MR) is 86.9 cm³/mol. The molecule has 1 saturated carbocycles. The van der Waals surface area contributed by atoms with Crippen molar-refractivity contribution in [3.05, 3.63) is 0 Å². The van der Waals surface area contributed by atoms with Crippen LogP contribution in [0.3, 0.4) is 0 Å². The number of carbonyl (C=O) groups excluding carboxylic acids is 1. The lowest BCUT2D eigenvalue weighted by Gasteiger charge is -2.51. The Labute approximate surface area is 134 Å².